The summed E-state index contributed by atoms with van der Waals surface area (Å²) >= 11 is 0. The Morgan fingerprint density at radius 3 is 2.97 bits per heavy atom. The van der Waals surface area contributed by atoms with Crippen LogP contribution in [0.25, 0.3) is 10.9 Å². The number of likely N-dealkylation sites (tertiary alicyclic amines) is 1. The van der Waals surface area contributed by atoms with Gasteiger partial charge >= 0.3 is 0 Å². The third-order valence-electron chi connectivity index (χ3n) is 6.37. The van der Waals surface area contributed by atoms with Gasteiger partial charge in [0.1, 0.15) is 11.3 Å². The summed E-state index contributed by atoms with van der Waals surface area (Å²) in [6, 6.07) is 15.9. The van der Waals surface area contributed by atoms with E-state index in [2.05, 4.69) is 9.97 Å². The number of pyridine rings is 1. The number of aromatic amines is 1. The lowest BCUT2D eigenvalue weighted by molar-refractivity contribution is -0.120. The Kier molecular flexibility index (Phi) is 5.05. The van der Waals surface area contributed by atoms with Crippen LogP contribution in [0.2, 0.25) is 0 Å². The Morgan fingerprint density at radius 1 is 1.27 bits per heavy atom. The van der Waals surface area contributed by atoms with Crippen molar-refractivity contribution in [3.63, 3.8) is 0 Å². The summed E-state index contributed by atoms with van der Waals surface area (Å²) in [4.78, 5) is 22.5. The lowest BCUT2D eigenvalue weighted by Gasteiger charge is -2.50. The van der Waals surface area contributed by atoms with Gasteiger partial charge in [0.15, 0.2) is 0 Å². The maximum absolute atomic E-state index is 12.9. The predicted octanol–water partition coefficient (Wildman–Crippen LogP) is 3.71. The molecule has 0 saturated carbocycles. The van der Waals surface area contributed by atoms with E-state index < -0.39 is 0 Å². The summed E-state index contributed by atoms with van der Waals surface area (Å²) in [6.07, 6.45) is 1.97. The van der Waals surface area contributed by atoms with Crippen LogP contribution in [0.1, 0.15) is 34.7 Å². The van der Waals surface area contributed by atoms with E-state index in [0.29, 0.717) is 37.9 Å². The van der Waals surface area contributed by atoms with E-state index in [-0.39, 0.29) is 11.5 Å². The molecule has 1 N–H and O–H groups in total. The molecule has 2 aliphatic heterocycles. The largest absolute Gasteiger partial charge is 0.375 e. The molecule has 0 aliphatic carbocycles. The number of H-pyrrole nitrogens is 1. The van der Waals surface area contributed by atoms with E-state index in [0.717, 1.165) is 41.7 Å². The SMILES string of the molecule is Cc1cccc(COCC[C@@H]2CCOC23CN(C(=O)c2cc4ccccc4[nH]2)C3)n1. The molecule has 0 radical (unpaired) electrons. The highest BCUT2D eigenvalue weighted by atomic mass is 16.5. The van der Waals surface area contributed by atoms with E-state index in [9.17, 15) is 4.79 Å². The normalized spacial score (nSPS) is 20.0. The number of rotatable bonds is 6. The van der Waals surface area contributed by atoms with Crippen molar-refractivity contribution in [1.29, 1.82) is 0 Å². The fourth-order valence-electron chi connectivity index (χ4n) is 4.73. The van der Waals surface area contributed by atoms with E-state index in [1.807, 2.05) is 60.4 Å². The minimum atomic E-state index is -0.202. The first-order valence-electron chi connectivity index (χ1n) is 10.6. The first kappa shape index (κ1) is 19.3. The van der Waals surface area contributed by atoms with Crippen molar-refractivity contribution < 1.29 is 14.3 Å². The van der Waals surface area contributed by atoms with Crippen molar-refractivity contribution >= 4 is 16.8 Å². The Labute approximate surface area is 176 Å². The van der Waals surface area contributed by atoms with Crippen molar-refractivity contribution in [3.8, 4) is 0 Å². The number of amides is 1. The first-order chi connectivity index (χ1) is 14.6. The number of carbonyl (C=O) groups excluding carboxylic acids is 1. The van der Waals surface area contributed by atoms with Crippen LogP contribution in [0.5, 0.6) is 0 Å². The highest BCUT2D eigenvalue weighted by Gasteiger charge is 2.54. The van der Waals surface area contributed by atoms with Gasteiger partial charge in [0, 0.05) is 29.8 Å². The molecule has 30 heavy (non-hydrogen) atoms. The number of hydrogen-bond donors (Lipinski definition) is 1. The minimum absolute atomic E-state index is 0.0489. The van der Waals surface area contributed by atoms with Crippen LogP contribution in [0.3, 0.4) is 0 Å². The molecule has 1 spiro atoms. The van der Waals surface area contributed by atoms with Gasteiger partial charge in [-0.3, -0.25) is 9.78 Å². The third kappa shape index (κ3) is 3.61. The molecular formula is C24H27N3O3. The number of nitrogens with zero attached hydrogens (tertiary/aromatic N) is 2. The summed E-state index contributed by atoms with van der Waals surface area (Å²) in [5.74, 6) is 0.475. The van der Waals surface area contributed by atoms with Crippen LogP contribution < -0.4 is 0 Å². The number of aromatic nitrogens is 2. The fraction of sp³-hybridized carbons (Fsp3) is 0.417. The number of benzene rings is 1. The van der Waals surface area contributed by atoms with Crippen LogP contribution in [-0.4, -0.2) is 52.7 Å². The summed E-state index contributed by atoms with van der Waals surface area (Å²) < 4.78 is 12.0. The molecule has 0 unspecified atom stereocenters. The number of hydrogen-bond acceptors (Lipinski definition) is 4. The predicted molar refractivity (Wildman–Crippen MR) is 114 cm³/mol. The van der Waals surface area contributed by atoms with Gasteiger partial charge in [0.25, 0.3) is 5.91 Å². The summed E-state index contributed by atoms with van der Waals surface area (Å²) in [7, 11) is 0. The molecule has 6 heteroatoms. The Balaban J connectivity index is 1.14. The van der Waals surface area contributed by atoms with Gasteiger partial charge in [0.05, 0.1) is 25.4 Å². The molecule has 156 valence electrons. The van der Waals surface area contributed by atoms with Gasteiger partial charge in [-0.05, 0) is 49.9 Å². The molecule has 0 bridgehead atoms. The van der Waals surface area contributed by atoms with Crippen molar-refractivity contribution in [2.45, 2.75) is 32.0 Å². The van der Waals surface area contributed by atoms with Crippen LogP contribution in [0.15, 0.2) is 48.5 Å². The quantitative estimate of drug-likeness (QED) is 0.635. The van der Waals surface area contributed by atoms with Crippen molar-refractivity contribution in [3.05, 3.63) is 65.6 Å². The van der Waals surface area contributed by atoms with Gasteiger partial charge in [0.2, 0.25) is 0 Å². The van der Waals surface area contributed by atoms with E-state index in [1.165, 1.54) is 0 Å². The highest BCUT2D eigenvalue weighted by molar-refractivity contribution is 5.98. The highest BCUT2D eigenvalue weighted by Crippen LogP contribution is 2.42. The molecule has 3 aromatic rings. The average Bonchev–Trinajstić information content (AvgIpc) is 3.34. The summed E-state index contributed by atoms with van der Waals surface area (Å²) in [6.45, 7) is 5.28. The molecule has 6 nitrogen and oxygen atoms in total. The van der Waals surface area contributed by atoms with Crippen LogP contribution in [-0.2, 0) is 16.1 Å². The lowest BCUT2D eigenvalue weighted by atomic mass is 9.79. The standard InChI is InChI=1S/C24H27N3O3/c1-17-5-4-7-20(25-17)14-29-11-9-19-10-12-30-24(19)15-27(16-24)23(28)22-13-18-6-2-3-8-21(18)26-22/h2-8,13,19,26H,9-12,14-16H2,1H3/t19-/m1/s1. The zero-order chi connectivity index (χ0) is 20.6. The first-order valence-corrected chi connectivity index (χ1v) is 10.6. The van der Waals surface area contributed by atoms with E-state index >= 15 is 0 Å². The van der Waals surface area contributed by atoms with Crippen LogP contribution >= 0.6 is 0 Å². The van der Waals surface area contributed by atoms with Crippen molar-refractivity contribution in [2.24, 2.45) is 5.92 Å². The molecule has 5 rings (SSSR count). The van der Waals surface area contributed by atoms with Gasteiger partial charge in [-0.15, -0.1) is 0 Å². The fourth-order valence-corrected chi connectivity index (χ4v) is 4.73. The van der Waals surface area contributed by atoms with Crippen molar-refractivity contribution in [1.82, 2.24) is 14.9 Å². The molecular weight excluding hydrogens is 378 g/mol. The number of aryl methyl sites for hydroxylation is 1. The Hall–Kier alpha value is -2.70. The second-order valence-corrected chi connectivity index (χ2v) is 8.44. The number of ether oxygens (including phenoxy) is 2. The monoisotopic (exact) mass is 405 g/mol. The second kappa shape index (κ2) is 7.85. The molecule has 1 aromatic carbocycles. The number of carbonyl (C=O) groups is 1. The molecule has 2 aromatic heterocycles. The molecule has 4 heterocycles. The lowest BCUT2D eigenvalue weighted by Crippen LogP contribution is -2.66. The van der Waals surface area contributed by atoms with Gasteiger partial charge in [-0.25, -0.2) is 0 Å². The van der Waals surface area contributed by atoms with Gasteiger partial charge in [-0.2, -0.15) is 0 Å². The van der Waals surface area contributed by atoms with Crippen LogP contribution in [0, 0.1) is 12.8 Å². The molecule has 2 fully saturated rings. The second-order valence-electron chi connectivity index (χ2n) is 8.44. The zero-order valence-electron chi connectivity index (χ0n) is 17.3. The Bertz CT molecular complexity index is 1020. The molecule has 1 atom stereocenters. The molecule has 1 amide bonds. The number of nitrogens with one attached hydrogen (secondary N) is 1. The zero-order valence-corrected chi connectivity index (χ0v) is 17.3. The number of fused-ring (bicyclic) bond motifs is 1. The van der Waals surface area contributed by atoms with Gasteiger partial charge < -0.3 is 19.4 Å². The maximum atomic E-state index is 12.9. The van der Waals surface area contributed by atoms with Gasteiger partial charge in [-0.1, -0.05) is 24.3 Å². The number of para-hydroxylation sites is 1. The Morgan fingerprint density at radius 2 is 2.13 bits per heavy atom. The summed E-state index contributed by atoms with van der Waals surface area (Å²) in [5, 5.41) is 1.06. The maximum Gasteiger partial charge on any atom is 0.270 e. The van der Waals surface area contributed by atoms with E-state index in [4.69, 9.17) is 9.47 Å². The smallest absolute Gasteiger partial charge is 0.270 e. The van der Waals surface area contributed by atoms with Crippen molar-refractivity contribution in [2.75, 3.05) is 26.3 Å². The molecule has 2 saturated heterocycles. The van der Waals surface area contributed by atoms with E-state index in [1.54, 1.807) is 0 Å². The summed E-state index contributed by atoms with van der Waals surface area (Å²) in [5.41, 5.74) is 3.41. The topological polar surface area (TPSA) is 67.5 Å². The molecule has 2 aliphatic rings. The average molecular weight is 405 g/mol. The third-order valence-corrected chi connectivity index (χ3v) is 6.37. The minimum Gasteiger partial charge on any atom is -0.375 e. The van der Waals surface area contributed by atoms with Crippen LogP contribution in [0.4, 0.5) is 0 Å².